The molecule has 0 fully saturated rings. The Morgan fingerprint density at radius 2 is 1.85 bits per heavy atom. The molecule has 20 heavy (non-hydrogen) atoms. The van der Waals surface area contributed by atoms with Crippen LogP contribution in [0.2, 0.25) is 0 Å². The SMILES string of the molecule is CCOc1ccc(NC(=O)CNC(=O)CCN)cc1.Cl. The fourth-order valence-corrected chi connectivity index (χ4v) is 1.40. The topological polar surface area (TPSA) is 93.5 Å². The highest BCUT2D eigenvalue weighted by molar-refractivity contribution is 5.94. The van der Waals surface area contributed by atoms with E-state index in [4.69, 9.17) is 10.5 Å². The van der Waals surface area contributed by atoms with Gasteiger partial charge in [-0.1, -0.05) is 0 Å². The molecule has 0 saturated carbocycles. The third kappa shape index (κ3) is 6.96. The number of hydrogen-bond acceptors (Lipinski definition) is 4. The second kappa shape index (κ2) is 10.1. The van der Waals surface area contributed by atoms with E-state index in [1.807, 2.05) is 6.92 Å². The van der Waals surface area contributed by atoms with Gasteiger partial charge in [-0.2, -0.15) is 0 Å². The normalized spacial score (nSPS) is 9.30. The first-order valence-electron chi connectivity index (χ1n) is 6.15. The van der Waals surface area contributed by atoms with E-state index in [2.05, 4.69) is 10.6 Å². The Morgan fingerprint density at radius 1 is 1.20 bits per heavy atom. The Bertz CT molecular complexity index is 423. The average Bonchev–Trinajstić information content (AvgIpc) is 2.39. The van der Waals surface area contributed by atoms with Gasteiger partial charge in [-0.15, -0.1) is 12.4 Å². The molecule has 6 nitrogen and oxygen atoms in total. The quantitative estimate of drug-likeness (QED) is 0.698. The van der Waals surface area contributed by atoms with Gasteiger partial charge in [0.15, 0.2) is 0 Å². The molecule has 0 aromatic heterocycles. The maximum absolute atomic E-state index is 11.5. The Morgan fingerprint density at radius 3 is 2.40 bits per heavy atom. The van der Waals surface area contributed by atoms with Crippen LogP contribution in [0.4, 0.5) is 5.69 Å². The maximum Gasteiger partial charge on any atom is 0.243 e. The molecule has 0 bridgehead atoms. The Balaban J connectivity index is 0.00000361. The van der Waals surface area contributed by atoms with Crippen molar-refractivity contribution in [3.63, 3.8) is 0 Å². The van der Waals surface area contributed by atoms with Gasteiger partial charge < -0.3 is 21.1 Å². The summed E-state index contributed by atoms with van der Waals surface area (Å²) in [4.78, 5) is 22.7. The van der Waals surface area contributed by atoms with Crippen molar-refractivity contribution in [2.24, 2.45) is 5.73 Å². The van der Waals surface area contributed by atoms with Gasteiger partial charge in [0.25, 0.3) is 0 Å². The fourth-order valence-electron chi connectivity index (χ4n) is 1.40. The summed E-state index contributed by atoms with van der Waals surface area (Å²) in [7, 11) is 0. The summed E-state index contributed by atoms with van der Waals surface area (Å²) in [6, 6.07) is 7.02. The number of halogens is 1. The van der Waals surface area contributed by atoms with Gasteiger partial charge in [-0.3, -0.25) is 9.59 Å². The Labute approximate surface area is 124 Å². The molecule has 2 amide bonds. The summed E-state index contributed by atoms with van der Waals surface area (Å²) in [6.07, 6.45) is 0.219. The first kappa shape index (κ1) is 18.2. The van der Waals surface area contributed by atoms with E-state index < -0.39 is 0 Å². The van der Waals surface area contributed by atoms with Gasteiger partial charge in [0, 0.05) is 18.7 Å². The van der Waals surface area contributed by atoms with Gasteiger partial charge in [0.1, 0.15) is 5.75 Å². The Hall–Kier alpha value is -1.79. The van der Waals surface area contributed by atoms with Crippen molar-refractivity contribution < 1.29 is 14.3 Å². The molecule has 0 atom stereocenters. The summed E-state index contributed by atoms with van der Waals surface area (Å²) in [6.45, 7) is 2.71. The third-order valence-corrected chi connectivity index (χ3v) is 2.27. The number of nitrogens with one attached hydrogen (secondary N) is 2. The standard InChI is InChI=1S/C13H19N3O3.ClH/c1-2-19-11-5-3-10(4-6-11)16-13(18)9-15-12(17)7-8-14;/h3-6H,2,7-9,14H2,1H3,(H,15,17)(H,16,18);1H. The highest BCUT2D eigenvalue weighted by atomic mass is 35.5. The monoisotopic (exact) mass is 301 g/mol. The van der Waals surface area contributed by atoms with Gasteiger partial charge in [0.05, 0.1) is 13.2 Å². The molecule has 0 radical (unpaired) electrons. The highest BCUT2D eigenvalue weighted by Gasteiger charge is 2.05. The maximum atomic E-state index is 11.5. The number of rotatable bonds is 7. The highest BCUT2D eigenvalue weighted by Crippen LogP contribution is 2.15. The number of carbonyl (C=O) groups is 2. The van der Waals surface area contributed by atoms with Crippen molar-refractivity contribution >= 4 is 29.9 Å². The lowest BCUT2D eigenvalue weighted by Gasteiger charge is -2.08. The van der Waals surface area contributed by atoms with Crippen molar-refractivity contribution in [2.45, 2.75) is 13.3 Å². The van der Waals surface area contributed by atoms with Crippen molar-refractivity contribution in [3.8, 4) is 5.75 Å². The molecule has 0 saturated heterocycles. The Kier molecular flexibility index (Phi) is 9.15. The van der Waals surface area contributed by atoms with E-state index in [9.17, 15) is 9.59 Å². The molecule has 112 valence electrons. The van der Waals surface area contributed by atoms with E-state index >= 15 is 0 Å². The fraction of sp³-hybridized carbons (Fsp3) is 0.385. The summed E-state index contributed by atoms with van der Waals surface area (Å²) in [5.74, 6) is 0.232. The van der Waals surface area contributed by atoms with Crippen molar-refractivity contribution in [2.75, 3.05) is 25.0 Å². The summed E-state index contributed by atoms with van der Waals surface area (Å²) < 4.78 is 5.29. The van der Waals surface area contributed by atoms with E-state index in [1.54, 1.807) is 24.3 Å². The largest absolute Gasteiger partial charge is 0.494 e. The van der Waals surface area contributed by atoms with Crippen LogP contribution in [0.25, 0.3) is 0 Å². The molecule has 0 aliphatic carbocycles. The number of hydrogen-bond donors (Lipinski definition) is 3. The molecule has 1 aromatic rings. The van der Waals surface area contributed by atoms with E-state index in [0.29, 0.717) is 12.3 Å². The van der Waals surface area contributed by atoms with Gasteiger partial charge in [-0.05, 0) is 31.2 Å². The predicted octanol–water partition coefficient (Wildman–Crippen LogP) is 0.911. The first-order valence-corrected chi connectivity index (χ1v) is 6.15. The van der Waals surface area contributed by atoms with Crippen LogP contribution in [0.15, 0.2) is 24.3 Å². The van der Waals surface area contributed by atoms with Crippen molar-refractivity contribution in [1.29, 1.82) is 0 Å². The van der Waals surface area contributed by atoms with Crippen molar-refractivity contribution in [1.82, 2.24) is 5.32 Å². The second-order valence-corrected chi connectivity index (χ2v) is 3.82. The number of benzene rings is 1. The molecule has 0 heterocycles. The van der Waals surface area contributed by atoms with Crippen LogP contribution >= 0.6 is 12.4 Å². The van der Waals surface area contributed by atoms with Crippen LogP contribution in [0.1, 0.15) is 13.3 Å². The molecular weight excluding hydrogens is 282 g/mol. The van der Waals surface area contributed by atoms with Crippen LogP contribution in [-0.2, 0) is 9.59 Å². The minimum Gasteiger partial charge on any atom is -0.494 e. The van der Waals surface area contributed by atoms with Crippen molar-refractivity contribution in [3.05, 3.63) is 24.3 Å². The first-order chi connectivity index (χ1) is 9.15. The molecule has 0 unspecified atom stereocenters. The zero-order valence-electron chi connectivity index (χ0n) is 11.3. The lowest BCUT2D eigenvalue weighted by Crippen LogP contribution is -2.33. The van der Waals surface area contributed by atoms with Gasteiger partial charge in [-0.25, -0.2) is 0 Å². The number of amides is 2. The molecular formula is C13H20ClN3O3. The zero-order valence-corrected chi connectivity index (χ0v) is 12.2. The molecule has 0 aliphatic heterocycles. The summed E-state index contributed by atoms with van der Waals surface area (Å²) in [5.41, 5.74) is 5.88. The number of ether oxygens (including phenoxy) is 1. The van der Waals surface area contributed by atoms with Gasteiger partial charge in [0.2, 0.25) is 11.8 Å². The zero-order chi connectivity index (χ0) is 14.1. The minimum atomic E-state index is -0.283. The molecule has 1 rings (SSSR count). The summed E-state index contributed by atoms with van der Waals surface area (Å²) >= 11 is 0. The molecule has 7 heteroatoms. The van der Waals surface area contributed by atoms with E-state index in [0.717, 1.165) is 5.75 Å². The summed E-state index contributed by atoms with van der Waals surface area (Å²) in [5, 5.41) is 5.15. The molecule has 0 aliphatic rings. The number of carbonyl (C=O) groups excluding carboxylic acids is 2. The lowest BCUT2D eigenvalue weighted by atomic mass is 10.3. The molecule has 0 spiro atoms. The van der Waals surface area contributed by atoms with Crippen LogP contribution in [-0.4, -0.2) is 31.5 Å². The van der Waals surface area contributed by atoms with Gasteiger partial charge >= 0.3 is 0 Å². The average molecular weight is 302 g/mol. The van der Waals surface area contributed by atoms with Crippen LogP contribution in [0.3, 0.4) is 0 Å². The van der Waals surface area contributed by atoms with Crippen LogP contribution < -0.4 is 21.1 Å². The molecule has 4 N–H and O–H groups in total. The smallest absolute Gasteiger partial charge is 0.243 e. The number of anilines is 1. The number of nitrogens with two attached hydrogens (primary N) is 1. The van der Waals surface area contributed by atoms with Crippen LogP contribution in [0, 0.1) is 0 Å². The minimum absolute atomic E-state index is 0. The van der Waals surface area contributed by atoms with E-state index in [1.165, 1.54) is 0 Å². The third-order valence-electron chi connectivity index (χ3n) is 2.27. The lowest BCUT2D eigenvalue weighted by molar-refractivity contribution is -0.124. The predicted molar refractivity (Wildman–Crippen MR) is 80.2 cm³/mol. The second-order valence-electron chi connectivity index (χ2n) is 3.82. The molecule has 1 aromatic carbocycles. The van der Waals surface area contributed by atoms with Crippen LogP contribution in [0.5, 0.6) is 5.75 Å². The van der Waals surface area contributed by atoms with E-state index in [-0.39, 0.29) is 43.7 Å².